The van der Waals surface area contributed by atoms with Crippen LogP contribution in [0, 0.1) is 5.82 Å². The lowest BCUT2D eigenvalue weighted by Gasteiger charge is -2.25. The highest BCUT2D eigenvalue weighted by atomic mass is 19.1. The third-order valence-corrected chi connectivity index (χ3v) is 2.95. The van der Waals surface area contributed by atoms with E-state index < -0.39 is 5.82 Å². The van der Waals surface area contributed by atoms with Gasteiger partial charge in [-0.2, -0.15) is 0 Å². The molecule has 1 aromatic rings. The summed E-state index contributed by atoms with van der Waals surface area (Å²) in [5.41, 5.74) is 6.25. The van der Waals surface area contributed by atoms with Crippen molar-refractivity contribution in [2.75, 3.05) is 13.2 Å². The molecule has 0 saturated carbocycles. The monoisotopic (exact) mass is 269 g/mol. The molecule has 0 atom stereocenters. The molecule has 0 aliphatic heterocycles. The zero-order chi connectivity index (χ0) is 14.4. The van der Waals surface area contributed by atoms with Crippen LogP contribution in [0.5, 0.6) is 0 Å². The highest BCUT2D eigenvalue weighted by molar-refractivity contribution is 5.97. The Bertz CT molecular complexity index is 450. The van der Waals surface area contributed by atoms with Gasteiger partial charge in [-0.3, -0.25) is 4.90 Å². The van der Waals surface area contributed by atoms with Crippen molar-refractivity contribution in [3.63, 3.8) is 0 Å². The summed E-state index contributed by atoms with van der Waals surface area (Å²) in [5.74, 6) is -0.533. The number of hydrogen-bond acceptors (Lipinski definition) is 4. The van der Waals surface area contributed by atoms with Crippen LogP contribution in [0.4, 0.5) is 4.39 Å². The lowest BCUT2D eigenvalue weighted by atomic mass is 10.1. The molecule has 19 heavy (non-hydrogen) atoms. The van der Waals surface area contributed by atoms with E-state index in [1.165, 1.54) is 6.07 Å². The average Bonchev–Trinajstić information content (AvgIpc) is 2.39. The summed E-state index contributed by atoms with van der Waals surface area (Å²) in [5, 5.41) is 20.4. The highest BCUT2D eigenvalue weighted by Gasteiger charge is 2.13. The minimum Gasteiger partial charge on any atom is -0.409 e. The molecule has 1 rings (SSSR count). The fourth-order valence-corrected chi connectivity index (χ4v) is 1.76. The van der Waals surface area contributed by atoms with Crippen molar-refractivity contribution in [3.05, 3.63) is 35.1 Å². The maximum Gasteiger partial charge on any atom is 0.170 e. The molecule has 0 amide bonds. The maximum atomic E-state index is 13.9. The summed E-state index contributed by atoms with van der Waals surface area (Å²) >= 11 is 0. The third-order valence-electron chi connectivity index (χ3n) is 2.95. The van der Waals surface area contributed by atoms with E-state index in [9.17, 15) is 4.39 Å². The molecule has 0 bridgehead atoms. The normalized spacial score (nSPS) is 12.4. The van der Waals surface area contributed by atoms with E-state index in [2.05, 4.69) is 5.16 Å². The summed E-state index contributed by atoms with van der Waals surface area (Å²) in [7, 11) is 0. The zero-order valence-electron chi connectivity index (χ0n) is 11.2. The Morgan fingerprint density at radius 1 is 1.47 bits per heavy atom. The van der Waals surface area contributed by atoms with E-state index >= 15 is 0 Å². The van der Waals surface area contributed by atoms with Gasteiger partial charge in [-0.25, -0.2) is 4.39 Å². The number of amidine groups is 1. The number of aliphatic hydroxyl groups excluding tert-OH is 1. The first kappa shape index (κ1) is 15.4. The van der Waals surface area contributed by atoms with Gasteiger partial charge in [-0.05, 0) is 19.9 Å². The van der Waals surface area contributed by atoms with Crippen LogP contribution in [0.25, 0.3) is 0 Å². The average molecular weight is 269 g/mol. The van der Waals surface area contributed by atoms with Gasteiger partial charge in [-0.15, -0.1) is 0 Å². The number of benzene rings is 1. The molecule has 106 valence electrons. The van der Waals surface area contributed by atoms with Gasteiger partial charge in [0.05, 0.1) is 6.61 Å². The Morgan fingerprint density at radius 2 is 2.16 bits per heavy atom. The van der Waals surface area contributed by atoms with E-state index in [0.29, 0.717) is 24.2 Å². The number of halogens is 1. The van der Waals surface area contributed by atoms with Gasteiger partial charge < -0.3 is 16.0 Å². The second kappa shape index (κ2) is 7.06. The first-order valence-electron chi connectivity index (χ1n) is 6.10. The Hall–Kier alpha value is -1.66. The number of rotatable bonds is 6. The summed E-state index contributed by atoms with van der Waals surface area (Å²) in [6.45, 7) is 4.89. The molecule has 0 saturated heterocycles. The minimum atomic E-state index is -0.410. The van der Waals surface area contributed by atoms with E-state index in [-0.39, 0.29) is 18.5 Å². The fourth-order valence-electron chi connectivity index (χ4n) is 1.76. The molecule has 0 aliphatic rings. The van der Waals surface area contributed by atoms with Crippen molar-refractivity contribution in [2.24, 2.45) is 10.9 Å². The van der Waals surface area contributed by atoms with Crippen molar-refractivity contribution in [3.8, 4) is 0 Å². The van der Waals surface area contributed by atoms with Crippen LogP contribution in [-0.4, -0.2) is 40.2 Å². The van der Waals surface area contributed by atoms with E-state index in [4.69, 9.17) is 16.0 Å². The Balaban J connectivity index is 2.90. The van der Waals surface area contributed by atoms with Gasteiger partial charge in [0, 0.05) is 30.3 Å². The molecule has 0 aromatic heterocycles. The van der Waals surface area contributed by atoms with Crippen molar-refractivity contribution in [1.29, 1.82) is 0 Å². The molecule has 0 spiro atoms. The van der Waals surface area contributed by atoms with Crippen LogP contribution in [0.15, 0.2) is 23.4 Å². The molecule has 4 N–H and O–H groups in total. The van der Waals surface area contributed by atoms with Crippen LogP contribution in [-0.2, 0) is 6.54 Å². The lowest BCUT2D eigenvalue weighted by molar-refractivity contribution is 0.158. The summed E-state index contributed by atoms with van der Waals surface area (Å²) in [6.07, 6.45) is 0. The zero-order valence-corrected chi connectivity index (χ0v) is 11.2. The predicted molar refractivity (Wildman–Crippen MR) is 71.5 cm³/mol. The predicted octanol–water partition coefficient (Wildman–Crippen LogP) is 1.12. The maximum absolute atomic E-state index is 13.9. The lowest BCUT2D eigenvalue weighted by Crippen LogP contribution is -2.33. The van der Waals surface area contributed by atoms with E-state index in [0.717, 1.165) is 0 Å². The SMILES string of the molecule is CC(C)N(CCO)Cc1ccc(C(N)=NO)cc1F. The molecular formula is C13H20FN3O2. The summed E-state index contributed by atoms with van der Waals surface area (Å²) in [6, 6.07) is 4.65. The number of nitrogens with zero attached hydrogens (tertiary/aromatic N) is 2. The van der Waals surface area contributed by atoms with E-state index in [1.54, 1.807) is 12.1 Å². The van der Waals surface area contributed by atoms with Gasteiger partial charge >= 0.3 is 0 Å². The fraction of sp³-hybridized carbons (Fsp3) is 0.462. The molecule has 0 unspecified atom stereocenters. The first-order valence-corrected chi connectivity index (χ1v) is 6.10. The first-order chi connectivity index (χ1) is 8.99. The van der Waals surface area contributed by atoms with Crippen molar-refractivity contribution >= 4 is 5.84 Å². The van der Waals surface area contributed by atoms with Crippen LogP contribution < -0.4 is 5.73 Å². The Kier molecular flexibility index (Phi) is 5.72. The molecular weight excluding hydrogens is 249 g/mol. The molecule has 5 nitrogen and oxygen atoms in total. The molecule has 0 fully saturated rings. The molecule has 6 heteroatoms. The van der Waals surface area contributed by atoms with Gasteiger partial charge in [0.1, 0.15) is 5.82 Å². The second-order valence-corrected chi connectivity index (χ2v) is 4.58. The third kappa shape index (κ3) is 4.18. The van der Waals surface area contributed by atoms with Crippen LogP contribution >= 0.6 is 0 Å². The Morgan fingerprint density at radius 3 is 2.63 bits per heavy atom. The number of nitrogens with two attached hydrogens (primary N) is 1. The largest absolute Gasteiger partial charge is 0.409 e. The molecule has 0 heterocycles. The van der Waals surface area contributed by atoms with Crippen LogP contribution in [0.2, 0.25) is 0 Å². The number of hydrogen-bond donors (Lipinski definition) is 3. The second-order valence-electron chi connectivity index (χ2n) is 4.58. The minimum absolute atomic E-state index is 0.0298. The van der Waals surface area contributed by atoms with Crippen molar-refractivity contribution in [1.82, 2.24) is 4.90 Å². The number of oxime groups is 1. The summed E-state index contributed by atoms with van der Waals surface area (Å²) in [4.78, 5) is 1.96. The van der Waals surface area contributed by atoms with E-state index in [1.807, 2.05) is 18.7 Å². The van der Waals surface area contributed by atoms with Crippen LogP contribution in [0.3, 0.4) is 0 Å². The van der Waals surface area contributed by atoms with Gasteiger partial charge in [0.2, 0.25) is 0 Å². The van der Waals surface area contributed by atoms with Gasteiger partial charge in [0.15, 0.2) is 5.84 Å². The van der Waals surface area contributed by atoms with Crippen LogP contribution in [0.1, 0.15) is 25.0 Å². The molecule has 1 aromatic carbocycles. The molecule has 0 radical (unpaired) electrons. The summed E-state index contributed by atoms with van der Waals surface area (Å²) < 4.78 is 13.9. The quantitative estimate of drug-likeness (QED) is 0.313. The Labute approximate surface area is 112 Å². The smallest absolute Gasteiger partial charge is 0.170 e. The van der Waals surface area contributed by atoms with Crippen molar-refractivity contribution < 1.29 is 14.7 Å². The van der Waals surface area contributed by atoms with Crippen molar-refractivity contribution in [2.45, 2.75) is 26.4 Å². The standard InChI is InChI=1S/C13H20FN3O2/c1-9(2)17(5-6-18)8-11-4-3-10(7-12(11)14)13(15)16-19/h3-4,7,9,18-19H,5-6,8H2,1-2H3,(H2,15,16). The number of aliphatic hydroxyl groups is 1. The van der Waals surface area contributed by atoms with Gasteiger partial charge in [-0.1, -0.05) is 17.3 Å². The highest BCUT2D eigenvalue weighted by Crippen LogP contribution is 2.14. The van der Waals surface area contributed by atoms with Gasteiger partial charge in [0.25, 0.3) is 0 Å². The molecule has 0 aliphatic carbocycles. The topological polar surface area (TPSA) is 82.1 Å².